The van der Waals surface area contributed by atoms with E-state index in [1.807, 2.05) is 0 Å². The van der Waals surface area contributed by atoms with Gasteiger partial charge >= 0.3 is 12.4 Å². The lowest BCUT2D eigenvalue weighted by Crippen LogP contribution is -2.15. The molecule has 3 aromatic carbocycles. The summed E-state index contributed by atoms with van der Waals surface area (Å²) >= 11 is 0. The molecule has 0 spiro atoms. The Morgan fingerprint density at radius 3 is 2.00 bits per heavy atom. The van der Waals surface area contributed by atoms with E-state index in [-0.39, 0.29) is 5.75 Å². The molecule has 10 heteroatoms. The number of benzene rings is 3. The SMILES string of the molecule is Nc1cc(C(F)(F)F)c(Oc2ccc3[nH]cc(Cc4ccc(F)cc4)c3c2)c(C(F)(F)F)c1. The van der Waals surface area contributed by atoms with E-state index >= 15 is 0 Å². The van der Waals surface area contributed by atoms with Crippen molar-refractivity contribution in [3.8, 4) is 11.5 Å². The lowest BCUT2D eigenvalue weighted by Gasteiger charge is -2.20. The van der Waals surface area contributed by atoms with Crippen LogP contribution in [-0.4, -0.2) is 4.98 Å². The van der Waals surface area contributed by atoms with Gasteiger partial charge < -0.3 is 15.5 Å². The molecule has 0 radical (unpaired) electrons. The number of hydrogen-bond acceptors (Lipinski definition) is 2. The molecule has 0 atom stereocenters. The van der Waals surface area contributed by atoms with Gasteiger partial charge in [0.1, 0.15) is 22.7 Å². The Morgan fingerprint density at radius 1 is 0.818 bits per heavy atom. The maximum atomic E-state index is 13.5. The molecular formula is C23H15F7N2O. The molecule has 0 amide bonds. The number of rotatable bonds is 4. The van der Waals surface area contributed by atoms with Crippen LogP contribution >= 0.6 is 0 Å². The number of fused-ring (bicyclic) bond motifs is 1. The van der Waals surface area contributed by atoms with Gasteiger partial charge in [-0.3, -0.25) is 0 Å². The Morgan fingerprint density at radius 2 is 1.42 bits per heavy atom. The minimum atomic E-state index is -5.13. The molecule has 0 aliphatic carbocycles. The molecule has 0 saturated heterocycles. The van der Waals surface area contributed by atoms with E-state index in [1.165, 1.54) is 30.3 Å². The molecule has 3 N–H and O–H groups in total. The van der Waals surface area contributed by atoms with Gasteiger partial charge in [0.15, 0.2) is 5.75 Å². The number of hydrogen-bond donors (Lipinski definition) is 2. The lowest BCUT2D eigenvalue weighted by atomic mass is 10.0. The van der Waals surface area contributed by atoms with E-state index in [0.29, 0.717) is 35.0 Å². The van der Waals surface area contributed by atoms with Crippen molar-refractivity contribution in [1.29, 1.82) is 0 Å². The zero-order valence-corrected chi connectivity index (χ0v) is 16.6. The number of nitrogens with one attached hydrogen (secondary N) is 1. The van der Waals surface area contributed by atoms with Gasteiger partial charge in [-0.25, -0.2) is 4.39 Å². The van der Waals surface area contributed by atoms with E-state index in [1.54, 1.807) is 18.3 Å². The average Bonchev–Trinajstić information content (AvgIpc) is 3.11. The average molecular weight is 468 g/mol. The van der Waals surface area contributed by atoms with Crippen LogP contribution in [0.25, 0.3) is 10.9 Å². The van der Waals surface area contributed by atoms with Crippen LogP contribution in [0.5, 0.6) is 11.5 Å². The number of aromatic amines is 1. The highest BCUT2D eigenvalue weighted by Crippen LogP contribution is 2.47. The molecule has 1 heterocycles. The van der Waals surface area contributed by atoms with Crippen LogP contribution in [0.15, 0.2) is 60.8 Å². The van der Waals surface area contributed by atoms with Crippen LogP contribution in [-0.2, 0) is 18.8 Å². The Labute approximate surface area is 182 Å². The highest BCUT2D eigenvalue weighted by molar-refractivity contribution is 5.85. The van der Waals surface area contributed by atoms with Gasteiger partial charge in [-0.15, -0.1) is 0 Å². The summed E-state index contributed by atoms with van der Waals surface area (Å²) < 4.78 is 99.4. The van der Waals surface area contributed by atoms with Crippen LogP contribution in [0.2, 0.25) is 0 Å². The van der Waals surface area contributed by atoms with Crippen molar-refractivity contribution < 1.29 is 35.5 Å². The van der Waals surface area contributed by atoms with Crippen LogP contribution in [0.1, 0.15) is 22.3 Å². The molecule has 4 rings (SSSR count). The molecule has 0 aliphatic heterocycles. The molecule has 3 nitrogen and oxygen atoms in total. The molecule has 1 aromatic heterocycles. The fourth-order valence-electron chi connectivity index (χ4n) is 3.49. The van der Waals surface area contributed by atoms with E-state index in [4.69, 9.17) is 10.5 Å². The van der Waals surface area contributed by atoms with Gasteiger partial charge in [-0.1, -0.05) is 12.1 Å². The lowest BCUT2D eigenvalue weighted by molar-refractivity contribution is -0.144. The number of nitrogen functional groups attached to an aromatic ring is 1. The maximum Gasteiger partial charge on any atom is 0.420 e. The van der Waals surface area contributed by atoms with Crippen molar-refractivity contribution in [2.45, 2.75) is 18.8 Å². The van der Waals surface area contributed by atoms with Crippen LogP contribution in [0.3, 0.4) is 0 Å². The molecule has 0 aliphatic rings. The first-order valence-electron chi connectivity index (χ1n) is 9.52. The summed E-state index contributed by atoms with van der Waals surface area (Å²) in [5.74, 6) is -2.00. The van der Waals surface area contributed by atoms with Crippen molar-refractivity contribution in [2.75, 3.05) is 5.73 Å². The predicted octanol–water partition coefficient (Wildman–Crippen LogP) is 7.31. The number of H-pyrrole nitrogens is 1. The Hall–Kier alpha value is -3.69. The number of nitrogens with two attached hydrogens (primary N) is 1. The van der Waals surface area contributed by atoms with E-state index < -0.39 is 40.7 Å². The van der Waals surface area contributed by atoms with Crippen LogP contribution in [0, 0.1) is 5.82 Å². The second-order valence-corrected chi connectivity index (χ2v) is 7.37. The number of anilines is 1. The molecule has 33 heavy (non-hydrogen) atoms. The first-order valence-corrected chi connectivity index (χ1v) is 9.52. The summed E-state index contributed by atoms with van der Waals surface area (Å²) in [4.78, 5) is 2.98. The summed E-state index contributed by atoms with van der Waals surface area (Å²) in [5.41, 5.74) is 3.41. The Balaban J connectivity index is 1.77. The summed E-state index contributed by atoms with van der Waals surface area (Å²) in [6, 6.07) is 10.6. The fourth-order valence-corrected chi connectivity index (χ4v) is 3.49. The standard InChI is InChI=1S/C23H15F7N2O/c24-14-3-1-12(2-4-14)7-13-11-32-20-6-5-16(10-17(13)20)33-21-18(22(25,26)27)8-15(31)9-19(21)23(28,29)30/h1-6,8-11,32H,7,31H2. The van der Waals surface area contributed by atoms with E-state index in [0.717, 1.165) is 5.56 Å². The quantitative estimate of drug-likeness (QED) is 0.244. The van der Waals surface area contributed by atoms with Crippen molar-refractivity contribution in [3.05, 3.63) is 88.9 Å². The largest absolute Gasteiger partial charge is 0.456 e. The third-order valence-corrected chi connectivity index (χ3v) is 4.99. The summed E-state index contributed by atoms with van der Waals surface area (Å²) in [6.45, 7) is 0. The third-order valence-electron chi connectivity index (χ3n) is 4.99. The minimum absolute atomic E-state index is 0.219. The van der Waals surface area contributed by atoms with Crippen molar-refractivity contribution in [1.82, 2.24) is 4.98 Å². The normalized spacial score (nSPS) is 12.3. The second kappa shape index (κ2) is 8.02. The first kappa shape index (κ1) is 22.5. The highest BCUT2D eigenvalue weighted by atomic mass is 19.4. The van der Waals surface area contributed by atoms with Gasteiger partial charge in [0.05, 0.1) is 0 Å². The van der Waals surface area contributed by atoms with Gasteiger partial charge in [0.2, 0.25) is 0 Å². The minimum Gasteiger partial charge on any atom is -0.456 e. The van der Waals surface area contributed by atoms with Crippen molar-refractivity contribution >= 4 is 16.6 Å². The molecule has 0 unspecified atom stereocenters. The number of alkyl halides is 6. The fraction of sp³-hybridized carbons (Fsp3) is 0.130. The molecule has 0 bridgehead atoms. The molecule has 172 valence electrons. The first-order chi connectivity index (χ1) is 15.4. The number of ether oxygens (including phenoxy) is 1. The number of aromatic nitrogens is 1. The Kier molecular flexibility index (Phi) is 5.47. The molecular weight excluding hydrogens is 453 g/mol. The second-order valence-electron chi connectivity index (χ2n) is 7.37. The van der Waals surface area contributed by atoms with E-state index in [9.17, 15) is 30.7 Å². The monoisotopic (exact) mass is 468 g/mol. The van der Waals surface area contributed by atoms with E-state index in [2.05, 4.69) is 4.98 Å². The zero-order chi connectivity index (χ0) is 24.0. The summed E-state index contributed by atoms with van der Waals surface area (Å²) in [7, 11) is 0. The number of halogens is 7. The molecule has 0 saturated carbocycles. The van der Waals surface area contributed by atoms with Gasteiger partial charge in [0.25, 0.3) is 0 Å². The smallest absolute Gasteiger partial charge is 0.420 e. The summed E-state index contributed by atoms with van der Waals surface area (Å²) in [5, 5.41) is 0.536. The maximum absolute atomic E-state index is 13.5. The van der Waals surface area contributed by atoms with Crippen molar-refractivity contribution in [2.24, 2.45) is 0 Å². The van der Waals surface area contributed by atoms with Crippen LogP contribution < -0.4 is 10.5 Å². The third kappa shape index (κ3) is 4.74. The zero-order valence-electron chi connectivity index (χ0n) is 16.6. The van der Waals surface area contributed by atoms with Gasteiger partial charge in [-0.2, -0.15) is 26.3 Å². The summed E-state index contributed by atoms with van der Waals surface area (Å²) in [6.07, 6.45) is -8.25. The predicted molar refractivity (Wildman–Crippen MR) is 108 cm³/mol. The highest BCUT2D eigenvalue weighted by Gasteiger charge is 2.42. The van der Waals surface area contributed by atoms with Crippen molar-refractivity contribution in [3.63, 3.8) is 0 Å². The van der Waals surface area contributed by atoms with Gasteiger partial charge in [0, 0.05) is 22.8 Å². The topological polar surface area (TPSA) is 51.0 Å². The van der Waals surface area contributed by atoms with Crippen LogP contribution in [0.4, 0.5) is 36.4 Å². The Bertz CT molecular complexity index is 1270. The molecule has 4 aromatic rings. The van der Waals surface area contributed by atoms with Gasteiger partial charge in [-0.05, 0) is 60.0 Å². The molecule has 0 fully saturated rings.